The van der Waals surface area contributed by atoms with Gasteiger partial charge in [0.25, 0.3) is 5.91 Å². The minimum absolute atomic E-state index is 0.128. The maximum absolute atomic E-state index is 13.0. The van der Waals surface area contributed by atoms with Gasteiger partial charge in [-0.1, -0.05) is 0 Å². The van der Waals surface area contributed by atoms with Gasteiger partial charge in [0.15, 0.2) is 0 Å². The highest BCUT2D eigenvalue weighted by Crippen LogP contribution is 2.23. The van der Waals surface area contributed by atoms with Crippen LogP contribution in [0.3, 0.4) is 0 Å². The van der Waals surface area contributed by atoms with Crippen LogP contribution >= 0.6 is 0 Å². The maximum Gasteiger partial charge on any atom is 0.303 e. The maximum atomic E-state index is 13.0. The Morgan fingerprint density at radius 1 is 1.25 bits per heavy atom. The number of piperidine rings is 1. The van der Waals surface area contributed by atoms with Gasteiger partial charge in [-0.3, -0.25) is 14.7 Å². The summed E-state index contributed by atoms with van der Waals surface area (Å²) in [5.41, 5.74) is 1.69. The normalized spacial score (nSPS) is 15.5. The van der Waals surface area contributed by atoms with Crippen molar-refractivity contribution in [3.05, 3.63) is 41.8 Å². The molecule has 1 fully saturated rings. The summed E-state index contributed by atoms with van der Waals surface area (Å²) in [5, 5.41) is 15.7. The van der Waals surface area contributed by atoms with Gasteiger partial charge < -0.3 is 10.0 Å². The molecule has 1 aromatic heterocycles. The third-order valence-corrected chi connectivity index (χ3v) is 4.31. The number of H-pyrrole nitrogens is 1. The number of carboxylic acid groups (broad SMARTS) is 1. The van der Waals surface area contributed by atoms with E-state index in [1.165, 1.54) is 12.1 Å². The molecule has 6 nitrogen and oxygen atoms in total. The molecule has 24 heavy (non-hydrogen) atoms. The molecule has 0 unspecified atom stereocenters. The van der Waals surface area contributed by atoms with Gasteiger partial charge in [-0.15, -0.1) is 0 Å². The molecule has 0 saturated carbocycles. The van der Waals surface area contributed by atoms with E-state index >= 15 is 0 Å². The van der Waals surface area contributed by atoms with Crippen LogP contribution in [0.2, 0.25) is 0 Å². The van der Waals surface area contributed by atoms with E-state index in [9.17, 15) is 14.0 Å². The Kier molecular flexibility index (Phi) is 4.59. The van der Waals surface area contributed by atoms with Crippen LogP contribution in [-0.2, 0) is 4.79 Å². The Morgan fingerprint density at radius 2 is 1.92 bits per heavy atom. The largest absolute Gasteiger partial charge is 0.481 e. The molecule has 1 saturated heterocycles. The molecular formula is C17H18FN3O3. The Bertz CT molecular complexity index is 734. The molecule has 1 aromatic carbocycles. The van der Waals surface area contributed by atoms with E-state index < -0.39 is 5.97 Å². The summed E-state index contributed by atoms with van der Waals surface area (Å²) < 4.78 is 13.0. The number of hydrogen-bond donors (Lipinski definition) is 2. The van der Waals surface area contributed by atoms with Crippen molar-refractivity contribution >= 4 is 11.9 Å². The first-order valence-electron chi connectivity index (χ1n) is 7.85. The summed E-state index contributed by atoms with van der Waals surface area (Å²) in [5.74, 6) is -1.14. The highest BCUT2D eigenvalue weighted by Gasteiger charge is 2.26. The molecule has 0 aliphatic carbocycles. The van der Waals surface area contributed by atoms with Gasteiger partial charge in [0.2, 0.25) is 0 Å². The minimum atomic E-state index is -0.794. The number of aromatic nitrogens is 2. The van der Waals surface area contributed by atoms with Gasteiger partial charge in [0.05, 0.1) is 5.69 Å². The number of aliphatic carboxylic acids is 1. The second kappa shape index (κ2) is 6.82. The number of amides is 1. The third-order valence-electron chi connectivity index (χ3n) is 4.31. The van der Waals surface area contributed by atoms with Crippen molar-refractivity contribution in [2.24, 2.45) is 5.92 Å². The number of rotatable bonds is 4. The highest BCUT2D eigenvalue weighted by atomic mass is 19.1. The number of halogens is 1. The lowest BCUT2D eigenvalue weighted by Gasteiger charge is -2.30. The lowest BCUT2D eigenvalue weighted by molar-refractivity contribution is -0.138. The average molecular weight is 331 g/mol. The molecule has 2 heterocycles. The number of nitrogens with one attached hydrogen (secondary N) is 1. The van der Waals surface area contributed by atoms with Gasteiger partial charge in [0, 0.05) is 25.1 Å². The first-order chi connectivity index (χ1) is 11.5. The van der Waals surface area contributed by atoms with Crippen molar-refractivity contribution in [1.29, 1.82) is 0 Å². The Balaban J connectivity index is 1.64. The Morgan fingerprint density at radius 3 is 2.54 bits per heavy atom. The Hall–Kier alpha value is -2.70. The van der Waals surface area contributed by atoms with Crippen LogP contribution in [0.5, 0.6) is 0 Å². The molecule has 0 bridgehead atoms. The van der Waals surface area contributed by atoms with E-state index in [0.717, 1.165) is 5.56 Å². The predicted octanol–water partition coefficient (Wildman–Crippen LogP) is 2.54. The number of carbonyl (C=O) groups excluding carboxylic acids is 1. The molecule has 1 amide bonds. The van der Waals surface area contributed by atoms with Crippen molar-refractivity contribution in [1.82, 2.24) is 15.1 Å². The van der Waals surface area contributed by atoms with Gasteiger partial charge in [0.1, 0.15) is 11.5 Å². The van der Waals surface area contributed by atoms with Crippen LogP contribution in [0.1, 0.15) is 29.8 Å². The van der Waals surface area contributed by atoms with Crippen molar-refractivity contribution < 1.29 is 19.1 Å². The van der Waals surface area contributed by atoms with Crippen LogP contribution < -0.4 is 0 Å². The zero-order valence-electron chi connectivity index (χ0n) is 13.0. The number of aromatic amines is 1. The molecule has 0 spiro atoms. The number of benzene rings is 1. The minimum Gasteiger partial charge on any atom is -0.481 e. The zero-order valence-corrected chi connectivity index (χ0v) is 13.0. The van der Waals surface area contributed by atoms with Crippen LogP contribution in [0.4, 0.5) is 4.39 Å². The van der Waals surface area contributed by atoms with E-state index in [4.69, 9.17) is 5.11 Å². The highest BCUT2D eigenvalue weighted by molar-refractivity contribution is 5.93. The molecule has 3 rings (SSSR count). The fourth-order valence-electron chi connectivity index (χ4n) is 2.96. The van der Waals surface area contributed by atoms with Gasteiger partial charge in [-0.2, -0.15) is 5.10 Å². The second-order valence-electron chi connectivity index (χ2n) is 6.01. The fourth-order valence-corrected chi connectivity index (χ4v) is 2.96. The van der Waals surface area contributed by atoms with E-state index in [-0.39, 0.29) is 24.1 Å². The summed E-state index contributed by atoms with van der Waals surface area (Å²) in [6.07, 6.45) is 1.54. The van der Waals surface area contributed by atoms with E-state index in [1.54, 1.807) is 23.1 Å². The topological polar surface area (TPSA) is 86.3 Å². The van der Waals surface area contributed by atoms with E-state index in [1.807, 2.05) is 0 Å². The molecule has 0 atom stereocenters. The van der Waals surface area contributed by atoms with Gasteiger partial charge in [-0.05, 0) is 49.1 Å². The molecule has 1 aliphatic rings. The predicted molar refractivity (Wildman–Crippen MR) is 84.9 cm³/mol. The smallest absolute Gasteiger partial charge is 0.303 e. The SMILES string of the molecule is O=C(O)CC1CCN(C(=O)c2cc(-c3ccc(F)cc3)n[nH]2)CC1. The monoisotopic (exact) mass is 331 g/mol. The number of hydrogen-bond acceptors (Lipinski definition) is 3. The van der Waals surface area contributed by atoms with Crippen molar-refractivity contribution in [3.8, 4) is 11.3 Å². The van der Waals surface area contributed by atoms with Gasteiger partial charge in [-0.25, -0.2) is 4.39 Å². The van der Waals surface area contributed by atoms with Gasteiger partial charge >= 0.3 is 5.97 Å². The Labute approximate surface area is 138 Å². The number of carboxylic acids is 1. The molecule has 0 radical (unpaired) electrons. The van der Waals surface area contributed by atoms with Crippen LogP contribution in [0.15, 0.2) is 30.3 Å². The number of nitrogens with zero attached hydrogens (tertiary/aromatic N) is 2. The molecular weight excluding hydrogens is 313 g/mol. The summed E-state index contributed by atoms with van der Waals surface area (Å²) in [6.45, 7) is 1.09. The third kappa shape index (κ3) is 3.61. The van der Waals surface area contributed by atoms with Crippen LogP contribution in [0.25, 0.3) is 11.3 Å². The summed E-state index contributed by atoms with van der Waals surface area (Å²) in [6, 6.07) is 7.56. The van der Waals surface area contributed by atoms with E-state index in [0.29, 0.717) is 37.3 Å². The number of carbonyl (C=O) groups is 2. The first kappa shape index (κ1) is 16.2. The molecule has 2 N–H and O–H groups in total. The van der Waals surface area contributed by atoms with Crippen molar-refractivity contribution in [2.75, 3.05) is 13.1 Å². The zero-order chi connectivity index (χ0) is 17.1. The number of likely N-dealkylation sites (tertiary alicyclic amines) is 1. The lowest BCUT2D eigenvalue weighted by atomic mass is 9.93. The molecule has 1 aliphatic heterocycles. The quantitative estimate of drug-likeness (QED) is 0.901. The van der Waals surface area contributed by atoms with Crippen LogP contribution in [0, 0.1) is 11.7 Å². The average Bonchev–Trinajstić information content (AvgIpc) is 3.05. The van der Waals surface area contributed by atoms with Crippen molar-refractivity contribution in [2.45, 2.75) is 19.3 Å². The standard InChI is InChI=1S/C17H18FN3O3/c18-13-3-1-12(2-4-13)14-10-15(20-19-14)17(24)21-7-5-11(6-8-21)9-16(22)23/h1-4,10-11H,5-9H2,(H,19,20)(H,22,23). The molecule has 126 valence electrons. The molecule has 7 heteroatoms. The summed E-state index contributed by atoms with van der Waals surface area (Å²) in [4.78, 5) is 25.0. The van der Waals surface area contributed by atoms with Crippen LogP contribution in [-0.4, -0.2) is 45.2 Å². The van der Waals surface area contributed by atoms with E-state index in [2.05, 4.69) is 10.2 Å². The lowest BCUT2D eigenvalue weighted by Crippen LogP contribution is -2.39. The summed E-state index contributed by atoms with van der Waals surface area (Å²) >= 11 is 0. The fraction of sp³-hybridized carbons (Fsp3) is 0.353. The molecule has 2 aromatic rings. The first-order valence-corrected chi connectivity index (χ1v) is 7.85. The van der Waals surface area contributed by atoms with Crippen molar-refractivity contribution in [3.63, 3.8) is 0 Å². The second-order valence-corrected chi connectivity index (χ2v) is 6.01. The summed E-state index contributed by atoms with van der Waals surface area (Å²) in [7, 11) is 0.